The van der Waals surface area contributed by atoms with Gasteiger partial charge in [-0.2, -0.15) is 0 Å². The zero-order valence-corrected chi connectivity index (χ0v) is 15.1. The van der Waals surface area contributed by atoms with Crippen LogP contribution in [0.25, 0.3) is 0 Å². The van der Waals surface area contributed by atoms with Crippen molar-refractivity contribution in [1.29, 1.82) is 0 Å². The van der Waals surface area contributed by atoms with Gasteiger partial charge in [0.25, 0.3) is 0 Å². The predicted octanol–water partition coefficient (Wildman–Crippen LogP) is 3.44. The lowest BCUT2D eigenvalue weighted by molar-refractivity contribution is 0.677. The first-order valence-corrected chi connectivity index (χ1v) is 9.76. The van der Waals surface area contributed by atoms with Crippen molar-refractivity contribution in [3.05, 3.63) is 34.2 Å². The number of nitrogens with zero attached hydrogens (tertiary/aromatic N) is 3. The number of nitrogens with one attached hydrogen (secondary N) is 1. The van der Waals surface area contributed by atoms with Crippen molar-refractivity contribution in [3.63, 3.8) is 0 Å². The average Bonchev–Trinajstić information content (AvgIpc) is 3.07. The standard InChI is InChI=1S/C16H24N4S2/c1-4-20(5-2)15-13(12-18-16(19-15)21-3)11-17-9-8-14-7-6-10-22-14/h6-7,10,12,17H,4-5,8-9,11H2,1-3H3. The number of rotatable bonds is 9. The normalized spacial score (nSPS) is 10.9. The highest BCUT2D eigenvalue weighted by Gasteiger charge is 2.12. The van der Waals surface area contributed by atoms with E-state index in [0.29, 0.717) is 0 Å². The van der Waals surface area contributed by atoms with Gasteiger partial charge in [0.1, 0.15) is 5.82 Å². The molecule has 0 unspecified atom stereocenters. The minimum Gasteiger partial charge on any atom is -0.357 e. The molecule has 22 heavy (non-hydrogen) atoms. The van der Waals surface area contributed by atoms with Crippen LogP contribution in [0.2, 0.25) is 0 Å². The Morgan fingerprint density at radius 2 is 2.14 bits per heavy atom. The van der Waals surface area contributed by atoms with Crippen LogP contribution in [-0.4, -0.2) is 35.9 Å². The second kappa shape index (κ2) is 9.12. The van der Waals surface area contributed by atoms with E-state index < -0.39 is 0 Å². The smallest absolute Gasteiger partial charge is 0.189 e. The van der Waals surface area contributed by atoms with E-state index in [1.54, 1.807) is 11.8 Å². The average molecular weight is 337 g/mol. The minimum absolute atomic E-state index is 0.811. The molecule has 0 amide bonds. The van der Waals surface area contributed by atoms with Gasteiger partial charge in [-0.25, -0.2) is 9.97 Å². The van der Waals surface area contributed by atoms with E-state index in [0.717, 1.165) is 43.6 Å². The highest BCUT2D eigenvalue weighted by Crippen LogP contribution is 2.20. The lowest BCUT2D eigenvalue weighted by Crippen LogP contribution is -2.26. The molecule has 4 nitrogen and oxygen atoms in total. The Labute approximate surface area is 141 Å². The third kappa shape index (κ3) is 4.69. The number of anilines is 1. The summed E-state index contributed by atoms with van der Waals surface area (Å²) in [4.78, 5) is 12.8. The minimum atomic E-state index is 0.811. The van der Waals surface area contributed by atoms with Crippen LogP contribution in [-0.2, 0) is 13.0 Å². The van der Waals surface area contributed by atoms with E-state index in [4.69, 9.17) is 4.98 Å². The van der Waals surface area contributed by atoms with E-state index in [1.807, 2.05) is 23.8 Å². The summed E-state index contributed by atoms with van der Waals surface area (Å²) < 4.78 is 0. The number of hydrogen-bond acceptors (Lipinski definition) is 6. The fourth-order valence-electron chi connectivity index (χ4n) is 2.29. The molecular formula is C16H24N4S2. The maximum atomic E-state index is 4.70. The predicted molar refractivity (Wildman–Crippen MR) is 97.1 cm³/mol. The summed E-state index contributed by atoms with van der Waals surface area (Å²) in [6.45, 7) is 8.04. The fraction of sp³-hybridized carbons (Fsp3) is 0.500. The molecule has 0 spiro atoms. The molecule has 0 aliphatic rings. The molecule has 6 heteroatoms. The molecule has 0 atom stereocenters. The molecular weight excluding hydrogens is 312 g/mol. The zero-order chi connectivity index (χ0) is 15.8. The molecule has 0 radical (unpaired) electrons. The van der Waals surface area contributed by atoms with E-state index in [1.165, 1.54) is 10.4 Å². The van der Waals surface area contributed by atoms with Crippen molar-refractivity contribution in [3.8, 4) is 0 Å². The Kier molecular flexibility index (Phi) is 7.15. The van der Waals surface area contributed by atoms with Crippen LogP contribution in [0.5, 0.6) is 0 Å². The number of thioether (sulfide) groups is 1. The molecule has 0 aliphatic heterocycles. The SMILES string of the molecule is CCN(CC)c1nc(SC)ncc1CNCCc1cccs1. The van der Waals surface area contributed by atoms with Crippen molar-refractivity contribution in [2.45, 2.75) is 32.0 Å². The van der Waals surface area contributed by atoms with Crippen LogP contribution >= 0.6 is 23.1 Å². The molecule has 0 saturated carbocycles. The summed E-state index contributed by atoms with van der Waals surface area (Å²) in [5.74, 6) is 1.06. The maximum absolute atomic E-state index is 4.70. The van der Waals surface area contributed by atoms with Crippen molar-refractivity contribution in [2.75, 3.05) is 30.8 Å². The Morgan fingerprint density at radius 1 is 1.32 bits per heavy atom. The topological polar surface area (TPSA) is 41.1 Å². The second-order valence-electron chi connectivity index (χ2n) is 4.88. The molecule has 2 aromatic heterocycles. The summed E-state index contributed by atoms with van der Waals surface area (Å²) in [5, 5.41) is 6.48. The Morgan fingerprint density at radius 3 is 2.77 bits per heavy atom. The molecule has 0 aliphatic carbocycles. The highest BCUT2D eigenvalue weighted by molar-refractivity contribution is 7.98. The van der Waals surface area contributed by atoms with Gasteiger partial charge in [-0.1, -0.05) is 17.8 Å². The van der Waals surface area contributed by atoms with Crippen LogP contribution in [0.4, 0.5) is 5.82 Å². The van der Waals surface area contributed by atoms with Gasteiger partial charge in [0.05, 0.1) is 0 Å². The van der Waals surface area contributed by atoms with Crippen LogP contribution < -0.4 is 10.2 Å². The van der Waals surface area contributed by atoms with E-state index in [9.17, 15) is 0 Å². The lowest BCUT2D eigenvalue weighted by Gasteiger charge is -2.23. The first-order valence-electron chi connectivity index (χ1n) is 7.66. The second-order valence-corrected chi connectivity index (χ2v) is 6.69. The number of hydrogen-bond donors (Lipinski definition) is 1. The number of thiophene rings is 1. The fourth-order valence-corrected chi connectivity index (χ4v) is 3.34. The van der Waals surface area contributed by atoms with E-state index in [2.05, 4.69) is 46.6 Å². The van der Waals surface area contributed by atoms with Crippen LogP contribution in [0, 0.1) is 0 Å². The van der Waals surface area contributed by atoms with Gasteiger partial charge in [-0.3, -0.25) is 0 Å². The molecule has 2 rings (SSSR count). The summed E-state index contributed by atoms with van der Waals surface area (Å²) in [6.07, 6.45) is 5.05. The van der Waals surface area contributed by atoms with Gasteiger partial charge in [0, 0.05) is 42.8 Å². The third-order valence-electron chi connectivity index (χ3n) is 3.51. The highest BCUT2D eigenvalue weighted by atomic mass is 32.2. The molecule has 0 bridgehead atoms. The molecule has 120 valence electrons. The first kappa shape index (κ1) is 17.2. The summed E-state index contributed by atoms with van der Waals surface area (Å²) >= 11 is 3.40. The number of aromatic nitrogens is 2. The Balaban J connectivity index is 1.99. The Bertz CT molecular complexity index is 553. The van der Waals surface area contributed by atoms with Gasteiger partial charge < -0.3 is 10.2 Å². The van der Waals surface area contributed by atoms with Gasteiger partial charge in [-0.05, 0) is 38.0 Å². The van der Waals surface area contributed by atoms with Crippen molar-refractivity contribution in [2.24, 2.45) is 0 Å². The van der Waals surface area contributed by atoms with Crippen molar-refractivity contribution in [1.82, 2.24) is 15.3 Å². The molecule has 2 aromatic rings. The molecule has 0 saturated heterocycles. The third-order valence-corrected chi connectivity index (χ3v) is 5.01. The quantitative estimate of drug-likeness (QED) is 0.431. The van der Waals surface area contributed by atoms with Crippen molar-refractivity contribution >= 4 is 28.9 Å². The zero-order valence-electron chi connectivity index (χ0n) is 13.5. The largest absolute Gasteiger partial charge is 0.357 e. The molecule has 0 aromatic carbocycles. The van der Waals surface area contributed by atoms with Crippen molar-refractivity contribution < 1.29 is 0 Å². The Hall–Kier alpha value is -1.11. The summed E-state index contributed by atoms with van der Waals surface area (Å²) in [7, 11) is 0. The first-order chi connectivity index (χ1) is 10.8. The van der Waals surface area contributed by atoms with Gasteiger partial charge >= 0.3 is 0 Å². The lowest BCUT2D eigenvalue weighted by atomic mass is 10.2. The van der Waals surface area contributed by atoms with Crippen LogP contribution in [0.15, 0.2) is 28.9 Å². The van der Waals surface area contributed by atoms with E-state index >= 15 is 0 Å². The molecule has 1 N–H and O–H groups in total. The van der Waals surface area contributed by atoms with Gasteiger partial charge in [-0.15, -0.1) is 11.3 Å². The molecule has 0 fully saturated rings. The summed E-state index contributed by atoms with van der Waals surface area (Å²) in [5.41, 5.74) is 1.17. The van der Waals surface area contributed by atoms with Gasteiger partial charge in [0.15, 0.2) is 5.16 Å². The van der Waals surface area contributed by atoms with Crippen LogP contribution in [0.3, 0.4) is 0 Å². The monoisotopic (exact) mass is 336 g/mol. The van der Waals surface area contributed by atoms with Gasteiger partial charge in [0.2, 0.25) is 0 Å². The van der Waals surface area contributed by atoms with Crippen LogP contribution in [0.1, 0.15) is 24.3 Å². The molecule has 2 heterocycles. The summed E-state index contributed by atoms with van der Waals surface area (Å²) in [6, 6.07) is 4.29. The maximum Gasteiger partial charge on any atom is 0.189 e. The van der Waals surface area contributed by atoms with E-state index in [-0.39, 0.29) is 0 Å².